The molecule has 0 saturated heterocycles. The molecule has 0 fully saturated rings. The molecular formula is C9H12NO5P. The highest BCUT2D eigenvalue weighted by Gasteiger charge is 2.23. The van der Waals surface area contributed by atoms with Gasteiger partial charge in [0.25, 0.3) is 11.8 Å². The summed E-state index contributed by atoms with van der Waals surface area (Å²) in [5.41, 5.74) is 0. The average Bonchev–Trinajstić information content (AvgIpc) is 2.53. The third kappa shape index (κ3) is 3.62. The molecule has 1 aliphatic rings. The van der Waals surface area contributed by atoms with Crippen LogP contribution in [0.4, 0.5) is 0 Å². The van der Waals surface area contributed by atoms with Gasteiger partial charge in [0.05, 0.1) is 14.2 Å². The van der Waals surface area contributed by atoms with Crippen LogP contribution in [0.1, 0.15) is 6.42 Å². The van der Waals surface area contributed by atoms with Crippen molar-refractivity contribution in [2.75, 3.05) is 18.9 Å². The van der Waals surface area contributed by atoms with Gasteiger partial charge in [-0.2, -0.15) is 0 Å². The van der Waals surface area contributed by atoms with Crippen LogP contribution in [-0.2, 0) is 18.9 Å². The molecule has 0 aliphatic carbocycles. The van der Waals surface area contributed by atoms with Gasteiger partial charge in [0, 0.05) is 31.0 Å². The molecule has 0 spiro atoms. The maximum Gasteiger partial charge on any atom is 0.303 e. The molecule has 1 aliphatic heterocycles. The number of amides is 2. The summed E-state index contributed by atoms with van der Waals surface area (Å²) in [4.78, 5) is 33.4. The number of rotatable bonds is 6. The van der Waals surface area contributed by atoms with E-state index in [0.29, 0.717) is 0 Å². The van der Waals surface area contributed by atoms with Gasteiger partial charge in [-0.25, -0.2) is 0 Å². The van der Waals surface area contributed by atoms with Crippen molar-refractivity contribution in [2.24, 2.45) is 0 Å². The Hall–Kier alpha value is -1.42. The predicted molar refractivity (Wildman–Crippen MR) is 56.8 cm³/mol. The number of nitrogens with zero attached hydrogens (tertiary/aromatic N) is 1. The van der Waals surface area contributed by atoms with Gasteiger partial charge in [-0.15, -0.1) is 0 Å². The fourth-order valence-electron chi connectivity index (χ4n) is 1.26. The van der Waals surface area contributed by atoms with E-state index < -0.39 is 25.6 Å². The lowest BCUT2D eigenvalue weighted by atomic mass is 10.5. The first-order valence-electron chi connectivity index (χ1n) is 4.77. The van der Waals surface area contributed by atoms with Crippen molar-refractivity contribution in [2.45, 2.75) is 6.42 Å². The molecule has 88 valence electrons. The maximum absolute atomic E-state index is 11.4. The molecule has 1 unspecified atom stereocenters. The third-order valence-corrected chi connectivity index (χ3v) is 3.72. The van der Waals surface area contributed by atoms with E-state index in [1.807, 2.05) is 0 Å². The van der Waals surface area contributed by atoms with Crippen LogP contribution in [0.25, 0.3) is 0 Å². The smallest absolute Gasteiger partial charge is 0.303 e. The Morgan fingerprint density at radius 3 is 2.31 bits per heavy atom. The predicted octanol–water partition coefficient (Wildman–Crippen LogP) is -0.0542. The van der Waals surface area contributed by atoms with Crippen LogP contribution in [0, 0.1) is 0 Å². The molecule has 1 N–H and O–H groups in total. The highest BCUT2D eigenvalue weighted by Crippen LogP contribution is 2.21. The minimum absolute atomic E-state index is 0.0993. The topological polar surface area (TPSA) is 91.8 Å². The van der Waals surface area contributed by atoms with Gasteiger partial charge in [0.15, 0.2) is 0 Å². The molecular weight excluding hydrogens is 233 g/mol. The Morgan fingerprint density at radius 2 is 1.81 bits per heavy atom. The maximum atomic E-state index is 11.4. The molecule has 0 bridgehead atoms. The van der Waals surface area contributed by atoms with Crippen LogP contribution in [0.2, 0.25) is 0 Å². The van der Waals surface area contributed by atoms with Crippen LogP contribution < -0.4 is 0 Å². The molecule has 1 atom stereocenters. The first-order valence-corrected chi connectivity index (χ1v) is 6.60. The van der Waals surface area contributed by atoms with E-state index in [4.69, 9.17) is 5.11 Å². The average molecular weight is 245 g/mol. The summed E-state index contributed by atoms with van der Waals surface area (Å²) in [6.07, 6.45) is 2.49. The monoisotopic (exact) mass is 245 g/mol. The second kappa shape index (κ2) is 5.61. The molecule has 0 aromatic carbocycles. The van der Waals surface area contributed by atoms with Crippen LogP contribution in [0.15, 0.2) is 12.2 Å². The Kier molecular flexibility index (Phi) is 4.43. The van der Waals surface area contributed by atoms with Gasteiger partial charge in [-0.05, 0) is 0 Å². The van der Waals surface area contributed by atoms with Crippen molar-refractivity contribution in [3.63, 3.8) is 0 Å². The van der Waals surface area contributed by atoms with Crippen molar-refractivity contribution in [1.82, 2.24) is 4.90 Å². The number of carbonyl (C=O) groups excluding carboxylic acids is 2. The minimum Gasteiger partial charge on any atom is -0.481 e. The highest BCUT2D eigenvalue weighted by atomic mass is 31.1. The van der Waals surface area contributed by atoms with Crippen molar-refractivity contribution < 1.29 is 24.1 Å². The molecule has 1 heterocycles. The third-order valence-electron chi connectivity index (χ3n) is 2.13. The Balaban J connectivity index is 2.29. The van der Waals surface area contributed by atoms with Crippen molar-refractivity contribution in [1.29, 1.82) is 0 Å². The number of carboxylic acid groups (broad SMARTS) is 1. The largest absolute Gasteiger partial charge is 0.481 e. The SMILES string of the molecule is O=C(O)CC[PH](=O)CCN1C(=O)C=CC1=O. The van der Waals surface area contributed by atoms with Crippen LogP contribution >= 0.6 is 7.80 Å². The fourth-order valence-corrected chi connectivity index (χ4v) is 2.48. The Labute approximate surface area is 92.7 Å². The summed E-state index contributed by atoms with van der Waals surface area (Å²) in [6.45, 7) is 0.0993. The molecule has 0 radical (unpaired) electrons. The molecule has 0 aromatic heterocycles. The van der Waals surface area contributed by atoms with Crippen molar-refractivity contribution in [3.05, 3.63) is 12.2 Å². The summed E-state index contributed by atoms with van der Waals surface area (Å²) < 4.78 is 11.4. The van der Waals surface area contributed by atoms with Gasteiger partial charge in [-0.3, -0.25) is 19.3 Å². The van der Waals surface area contributed by atoms with E-state index in [9.17, 15) is 18.9 Å². The van der Waals surface area contributed by atoms with E-state index in [0.717, 1.165) is 17.1 Å². The lowest BCUT2D eigenvalue weighted by molar-refractivity contribution is -0.137. The first kappa shape index (κ1) is 12.6. The Morgan fingerprint density at radius 1 is 1.25 bits per heavy atom. The lowest BCUT2D eigenvalue weighted by Crippen LogP contribution is -2.32. The zero-order valence-electron chi connectivity index (χ0n) is 8.51. The standard InChI is InChI=1S/C9H12NO5P/c11-7-1-2-8(12)10(7)4-6-16(15)5-3-9(13)14/h1-2,16H,3-6H2,(H,13,14). The highest BCUT2D eigenvalue weighted by molar-refractivity contribution is 7.44. The van der Waals surface area contributed by atoms with E-state index in [2.05, 4.69) is 0 Å². The number of aliphatic carboxylic acids is 1. The number of carbonyl (C=O) groups is 3. The van der Waals surface area contributed by atoms with Gasteiger partial charge in [0.2, 0.25) is 0 Å². The summed E-state index contributed by atoms with van der Waals surface area (Å²) in [5.74, 6) is -1.80. The summed E-state index contributed by atoms with van der Waals surface area (Å²) in [6, 6.07) is 0. The first-order chi connectivity index (χ1) is 7.50. The van der Waals surface area contributed by atoms with Crippen LogP contribution in [0.3, 0.4) is 0 Å². The zero-order valence-corrected chi connectivity index (χ0v) is 9.51. The van der Waals surface area contributed by atoms with Crippen LogP contribution in [0.5, 0.6) is 0 Å². The van der Waals surface area contributed by atoms with Gasteiger partial charge < -0.3 is 9.67 Å². The van der Waals surface area contributed by atoms with Gasteiger partial charge in [0.1, 0.15) is 0 Å². The van der Waals surface area contributed by atoms with E-state index in [-0.39, 0.29) is 25.3 Å². The normalized spacial score (nSPS) is 16.9. The number of hydrogen-bond donors (Lipinski definition) is 1. The summed E-state index contributed by atoms with van der Waals surface area (Å²) in [7, 11) is -2.02. The van der Waals surface area contributed by atoms with E-state index in [1.54, 1.807) is 0 Å². The molecule has 0 aromatic rings. The molecule has 0 saturated carbocycles. The number of carboxylic acids is 1. The number of imide groups is 1. The van der Waals surface area contributed by atoms with Gasteiger partial charge >= 0.3 is 5.97 Å². The van der Waals surface area contributed by atoms with Gasteiger partial charge in [-0.1, -0.05) is 0 Å². The van der Waals surface area contributed by atoms with E-state index >= 15 is 0 Å². The molecule has 16 heavy (non-hydrogen) atoms. The van der Waals surface area contributed by atoms with Crippen LogP contribution in [-0.4, -0.2) is 46.7 Å². The fraction of sp³-hybridized carbons (Fsp3) is 0.444. The second-order valence-electron chi connectivity index (χ2n) is 3.34. The van der Waals surface area contributed by atoms with Crippen molar-refractivity contribution >= 4 is 25.6 Å². The number of hydrogen-bond acceptors (Lipinski definition) is 4. The minimum atomic E-state index is -2.02. The lowest BCUT2D eigenvalue weighted by Gasteiger charge is -2.12. The molecule has 7 heteroatoms. The zero-order chi connectivity index (χ0) is 12.1. The Bertz CT molecular complexity index is 358. The molecule has 6 nitrogen and oxygen atoms in total. The summed E-state index contributed by atoms with van der Waals surface area (Å²) in [5, 5.41) is 8.37. The van der Waals surface area contributed by atoms with E-state index in [1.165, 1.54) is 0 Å². The molecule has 2 amide bonds. The quantitative estimate of drug-likeness (QED) is 0.523. The summed E-state index contributed by atoms with van der Waals surface area (Å²) >= 11 is 0. The van der Waals surface area contributed by atoms with Crippen molar-refractivity contribution in [3.8, 4) is 0 Å². The second-order valence-corrected chi connectivity index (χ2v) is 5.42. The molecule has 1 rings (SSSR count).